The maximum Gasteiger partial charge on any atom is 0.323 e. The second-order valence-electron chi connectivity index (χ2n) is 3.77. The smallest absolute Gasteiger partial charge is 0.323 e. The van der Waals surface area contributed by atoms with Gasteiger partial charge in [0, 0.05) is 19.2 Å². The Labute approximate surface area is 109 Å². The lowest BCUT2D eigenvalue weighted by Gasteiger charge is -2.21. The maximum atomic E-state index is 11.9. The van der Waals surface area contributed by atoms with Crippen LogP contribution in [0.2, 0.25) is 0 Å². The van der Waals surface area contributed by atoms with Crippen molar-refractivity contribution in [1.82, 2.24) is 0 Å². The molecule has 0 heterocycles. The van der Waals surface area contributed by atoms with Crippen LogP contribution in [-0.4, -0.2) is 36.7 Å². The van der Waals surface area contributed by atoms with Gasteiger partial charge in [-0.3, -0.25) is 19.2 Å². The van der Waals surface area contributed by atoms with Gasteiger partial charge in [-0.05, 0) is 19.1 Å². The Morgan fingerprint density at radius 2 is 1.84 bits per heavy atom. The molecule has 0 spiro atoms. The van der Waals surface area contributed by atoms with Crippen LogP contribution in [0.1, 0.15) is 6.92 Å². The largest absolute Gasteiger partial charge is 0.480 e. The van der Waals surface area contributed by atoms with E-state index in [9.17, 15) is 23.3 Å². The van der Waals surface area contributed by atoms with Crippen molar-refractivity contribution in [2.24, 2.45) is 0 Å². The van der Waals surface area contributed by atoms with Gasteiger partial charge in [-0.15, -0.1) is 0 Å². The number of hydrogen-bond acceptors (Lipinski definition) is 5. The highest BCUT2D eigenvalue weighted by molar-refractivity contribution is 7.94. The van der Waals surface area contributed by atoms with Gasteiger partial charge in [-0.1, -0.05) is 0 Å². The number of aliphatic carboxylic acids is 1. The normalized spacial score (nSPS) is 12.7. The minimum Gasteiger partial charge on any atom is -0.480 e. The molecular weight excluding hydrogens is 276 g/mol. The van der Waals surface area contributed by atoms with Crippen LogP contribution in [0.25, 0.3) is 0 Å². The summed E-state index contributed by atoms with van der Waals surface area (Å²) in [5.74, 6) is -1.46. The van der Waals surface area contributed by atoms with Crippen molar-refractivity contribution >= 4 is 27.4 Å². The molecule has 19 heavy (non-hydrogen) atoms. The molecule has 0 aromatic heterocycles. The maximum absolute atomic E-state index is 11.9. The third-order valence-electron chi connectivity index (χ3n) is 2.60. The number of nitro groups is 1. The number of hydrogen-bond donors (Lipinski definition) is 1. The van der Waals surface area contributed by atoms with Gasteiger partial charge in [-0.2, -0.15) is 0 Å². The number of nitrogens with zero attached hydrogens (tertiary/aromatic N) is 2. The molecular formula is C10H12N2O6S. The molecule has 1 aromatic rings. The highest BCUT2D eigenvalue weighted by Gasteiger charge is 2.32. The molecule has 9 heteroatoms. The lowest BCUT2D eigenvalue weighted by Crippen LogP contribution is -2.38. The van der Waals surface area contributed by atoms with Gasteiger partial charge < -0.3 is 5.11 Å². The average molecular weight is 288 g/mol. The molecule has 0 bridgehead atoms. The van der Waals surface area contributed by atoms with Crippen LogP contribution in [-0.2, 0) is 14.8 Å². The zero-order valence-electron chi connectivity index (χ0n) is 10.2. The predicted molar refractivity (Wildman–Crippen MR) is 67.5 cm³/mol. The first-order chi connectivity index (χ1) is 8.67. The van der Waals surface area contributed by atoms with Crippen LogP contribution in [0, 0.1) is 10.1 Å². The Morgan fingerprint density at radius 3 is 2.21 bits per heavy atom. The Kier molecular flexibility index (Phi) is 4.10. The molecule has 0 fully saturated rings. The van der Waals surface area contributed by atoms with E-state index in [0.717, 1.165) is 23.4 Å². The molecule has 1 atom stereocenters. The monoisotopic (exact) mass is 288 g/mol. The molecule has 1 unspecified atom stereocenters. The van der Waals surface area contributed by atoms with Crippen molar-refractivity contribution in [2.45, 2.75) is 12.2 Å². The van der Waals surface area contributed by atoms with Crippen LogP contribution >= 0.6 is 0 Å². The molecule has 104 valence electrons. The van der Waals surface area contributed by atoms with Crippen LogP contribution in [0.5, 0.6) is 0 Å². The molecule has 0 radical (unpaired) electrons. The molecule has 1 aromatic carbocycles. The number of nitro benzene ring substituents is 1. The van der Waals surface area contributed by atoms with Gasteiger partial charge in [0.05, 0.1) is 10.6 Å². The van der Waals surface area contributed by atoms with Gasteiger partial charge in [0.2, 0.25) is 10.0 Å². The predicted octanol–water partition coefficient (Wildman–Crippen LogP) is 0.834. The molecule has 1 rings (SSSR count). The topological polar surface area (TPSA) is 118 Å². The fourth-order valence-corrected chi connectivity index (χ4v) is 2.44. The van der Waals surface area contributed by atoms with Crippen molar-refractivity contribution < 1.29 is 23.2 Å². The summed E-state index contributed by atoms with van der Waals surface area (Å²) in [5, 5.41) is 17.6. The molecule has 8 nitrogen and oxygen atoms in total. The lowest BCUT2D eigenvalue weighted by atomic mass is 10.3. The number of sulfonamides is 1. The first kappa shape index (κ1) is 14.9. The quantitative estimate of drug-likeness (QED) is 0.633. The fourth-order valence-electron chi connectivity index (χ4n) is 1.30. The van der Waals surface area contributed by atoms with Gasteiger partial charge in [0.15, 0.2) is 5.25 Å². The van der Waals surface area contributed by atoms with E-state index in [-0.39, 0.29) is 11.4 Å². The van der Waals surface area contributed by atoms with Crippen molar-refractivity contribution in [3.8, 4) is 0 Å². The van der Waals surface area contributed by atoms with E-state index in [1.54, 1.807) is 0 Å². The van der Waals surface area contributed by atoms with E-state index in [4.69, 9.17) is 5.11 Å². The molecule has 0 saturated heterocycles. The highest BCUT2D eigenvalue weighted by Crippen LogP contribution is 2.22. The van der Waals surface area contributed by atoms with Gasteiger partial charge in [0.1, 0.15) is 0 Å². The van der Waals surface area contributed by atoms with Gasteiger partial charge in [0.25, 0.3) is 5.69 Å². The third kappa shape index (κ3) is 2.99. The molecule has 0 amide bonds. The lowest BCUT2D eigenvalue weighted by molar-refractivity contribution is -0.384. The molecule has 0 saturated carbocycles. The third-order valence-corrected chi connectivity index (χ3v) is 4.67. The summed E-state index contributed by atoms with van der Waals surface area (Å²) in [6, 6.07) is 4.77. The highest BCUT2D eigenvalue weighted by atomic mass is 32.2. The SMILES string of the molecule is CC(C(=O)O)S(=O)(=O)N(C)c1ccc([N+](=O)[O-])cc1. The number of carboxylic acid groups (broad SMARTS) is 1. The zero-order chi connectivity index (χ0) is 14.8. The van der Waals surface area contributed by atoms with Crippen LogP contribution in [0.4, 0.5) is 11.4 Å². The summed E-state index contributed by atoms with van der Waals surface area (Å²) in [6.45, 7) is 1.06. The van der Waals surface area contributed by atoms with E-state index in [1.165, 1.54) is 19.2 Å². The fraction of sp³-hybridized carbons (Fsp3) is 0.300. The van der Waals surface area contributed by atoms with E-state index < -0.39 is 26.2 Å². The number of non-ortho nitro benzene ring substituents is 1. The van der Waals surface area contributed by atoms with Crippen molar-refractivity contribution in [3.05, 3.63) is 34.4 Å². The number of carbonyl (C=O) groups is 1. The Bertz CT molecular complexity index is 595. The number of carboxylic acids is 1. The zero-order valence-corrected chi connectivity index (χ0v) is 11.0. The number of rotatable bonds is 5. The van der Waals surface area contributed by atoms with Crippen molar-refractivity contribution in [1.29, 1.82) is 0 Å². The number of benzene rings is 1. The minimum absolute atomic E-state index is 0.152. The summed E-state index contributed by atoms with van der Waals surface area (Å²) < 4.78 is 24.6. The Hall–Kier alpha value is -2.16. The first-order valence-electron chi connectivity index (χ1n) is 5.13. The van der Waals surface area contributed by atoms with E-state index in [0.29, 0.717) is 0 Å². The Balaban J connectivity index is 3.10. The summed E-state index contributed by atoms with van der Waals surface area (Å²) in [4.78, 5) is 20.6. The molecule has 0 aliphatic heterocycles. The molecule has 0 aliphatic rings. The Morgan fingerprint density at radius 1 is 1.37 bits per heavy atom. The van der Waals surface area contributed by atoms with Crippen molar-refractivity contribution in [2.75, 3.05) is 11.4 Å². The van der Waals surface area contributed by atoms with E-state index >= 15 is 0 Å². The van der Waals surface area contributed by atoms with Crippen LogP contribution in [0.15, 0.2) is 24.3 Å². The standard InChI is InChI=1S/C10H12N2O6S/c1-7(10(13)14)19(17,18)11(2)8-3-5-9(6-4-8)12(15)16/h3-7H,1-2H3,(H,13,14). The van der Waals surface area contributed by atoms with Crippen LogP contribution < -0.4 is 4.31 Å². The van der Waals surface area contributed by atoms with Crippen molar-refractivity contribution in [3.63, 3.8) is 0 Å². The van der Waals surface area contributed by atoms with Crippen LogP contribution in [0.3, 0.4) is 0 Å². The summed E-state index contributed by atoms with van der Waals surface area (Å²) in [6.07, 6.45) is 0. The second-order valence-corrected chi connectivity index (χ2v) is 6.05. The van der Waals surface area contributed by atoms with Gasteiger partial charge >= 0.3 is 5.97 Å². The van der Waals surface area contributed by atoms with E-state index in [1.807, 2.05) is 0 Å². The average Bonchev–Trinajstić information content (AvgIpc) is 2.36. The summed E-state index contributed by atoms with van der Waals surface area (Å²) >= 11 is 0. The molecule has 1 N–H and O–H groups in total. The summed E-state index contributed by atoms with van der Waals surface area (Å²) in [5.41, 5.74) is -0.0282. The molecule has 0 aliphatic carbocycles. The summed E-state index contributed by atoms with van der Waals surface area (Å²) in [7, 11) is -2.87. The second kappa shape index (κ2) is 5.22. The minimum atomic E-state index is -4.06. The number of anilines is 1. The van der Waals surface area contributed by atoms with E-state index in [2.05, 4.69) is 0 Å². The van der Waals surface area contributed by atoms with Gasteiger partial charge in [-0.25, -0.2) is 8.42 Å². The first-order valence-corrected chi connectivity index (χ1v) is 6.63.